The molecule has 1 N–H and O–H groups in total. The molecule has 5 nitrogen and oxygen atoms in total. The number of nitrogens with zero attached hydrogens (tertiary/aromatic N) is 2. The summed E-state index contributed by atoms with van der Waals surface area (Å²) in [6, 6.07) is -0.0437. The quantitative estimate of drug-likeness (QED) is 0.850. The summed E-state index contributed by atoms with van der Waals surface area (Å²) in [5.41, 5.74) is 1.93. The molecule has 1 aliphatic carbocycles. The molecule has 0 saturated carbocycles. The van der Waals surface area contributed by atoms with E-state index in [0.29, 0.717) is 13.0 Å². The number of hydrogen-bond donors (Lipinski definition) is 1. The lowest BCUT2D eigenvalue weighted by Gasteiger charge is -2.14. The van der Waals surface area contributed by atoms with Gasteiger partial charge in [-0.3, -0.25) is 14.2 Å². The zero-order valence-electron chi connectivity index (χ0n) is 11.6. The maximum absolute atomic E-state index is 12.5. The Morgan fingerprint density at radius 2 is 2.35 bits per heavy atom. The third-order valence-electron chi connectivity index (χ3n) is 3.87. The van der Waals surface area contributed by atoms with Crippen LogP contribution in [0.5, 0.6) is 0 Å². The van der Waals surface area contributed by atoms with Gasteiger partial charge in [0.2, 0.25) is 5.91 Å². The molecule has 0 spiro atoms. The Bertz CT molecular complexity index is 597. The van der Waals surface area contributed by atoms with Crippen molar-refractivity contribution in [1.82, 2.24) is 14.9 Å². The summed E-state index contributed by atoms with van der Waals surface area (Å²) in [5.74, 6) is 0.794. The van der Waals surface area contributed by atoms with E-state index in [1.807, 2.05) is 6.92 Å². The minimum Gasteiger partial charge on any atom is -0.356 e. The van der Waals surface area contributed by atoms with E-state index >= 15 is 0 Å². The zero-order valence-corrected chi connectivity index (χ0v) is 12.5. The minimum atomic E-state index is -0.0437. The van der Waals surface area contributed by atoms with Crippen molar-refractivity contribution in [2.24, 2.45) is 0 Å². The van der Waals surface area contributed by atoms with Crippen LogP contribution in [0.25, 0.3) is 0 Å². The molecule has 3 rings (SSSR count). The molecule has 1 amide bonds. The van der Waals surface area contributed by atoms with Crippen molar-refractivity contribution in [2.45, 2.75) is 50.2 Å². The molecular weight excluding hydrogens is 274 g/mol. The fraction of sp³-hybridized carbons (Fsp3) is 0.643. The molecule has 2 heterocycles. The van der Waals surface area contributed by atoms with Crippen molar-refractivity contribution in [3.63, 3.8) is 0 Å². The fourth-order valence-corrected chi connectivity index (χ4v) is 4.01. The molecule has 108 valence electrons. The number of nitrogens with one attached hydrogen (secondary N) is 1. The van der Waals surface area contributed by atoms with E-state index in [1.165, 1.54) is 0 Å². The van der Waals surface area contributed by atoms with Crippen LogP contribution in [0.3, 0.4) is 0 Å². The number of fused-ring (bicyclic) bond motifs is 2. The van der Waals surface area contributed by atoms with E-state index in [0.717, 1.165) is 47.8 Å². The molecule has 0 fully saturated rings. The Morgan fingerprint density at radius 1 is 1.50 bits per heavy atom. The molecule has 20 heavy (non-hydrogen) atoms. The molecule has 1 aromatic heterocycles. The highest BCUT2D eigenvalue weighted by Crippen LogP contribution is 2.33. The van der Waals surface area contributed by atoms with Crippen LogP contribution in [0.2, 0.25) is 0 Å². The second-order valence-corrected chi connectivity index (χ2v) is 6.35. The molecule has 1 atom stereocenters. The smallest absolute Gasteiger partial charge is 0.257 e. The highest BCUT2D eigenvalue weighted by molar-refractivity contribution is 7.99. The maximum atomic E-state index is 12.5. The van der Waals surface area contributed by atoms with Crippen molar-refractivity contribution in [3.05, 3.63) is 21.6 Å². The van der Waals surface area contributed by atoms with Gasteiger partial charge in [-0.25, -0.2) is 4.98 Å². The average molecular weight is 293 g/mol. The molecule has 0 aromatic carbocycles. The Labute approximate surface area is 122 Å². The first-order valence-electron chi connectivity index (χ1n) is 7.24. The number of carbonyl (C=O) groups excluding carboxylic acids is 1. The lowest BCUT2D eigenvalue weighted by Crippen LogP contribution is -2.32. The molecule has 2 aliphatic rings. The number of aromatic nitrogens is 2. The molecule has 0 saturated heterocycles. The molecule has 0 radical (unpaired) electrons. The number of thioether (sulfide) groups is 1. The predicted octanol–water partition coefficient (Wildman–Crippen LogP) is 1.30. The molecular formula is C14H19N3O2S. The van der Waals surface area contributed by atoms with E-state index < -0.39 is 0 Å². The number of aryl methyl sites for hydroxylation is 1. The van der Waals surface area contributed by atoms with E-state index in [4.69, 9.17) is 0 Å². The van der Waals surface area contributed by atoms with Crippen LogP contribution in [-0.2, 0) is 17.6 Å². The zero-order chi connectivity index (χ0) is 14.1. The molecule has 1 aromatic rings. The topological polar surface area (TPSA) is 64.0 Å². The average Bonchev–Trinajstić information content (AvgIpc) is 3.04. The van der Waals surface area contributed by atoms with Crippen LogP contribution in [0.4, 0.5) is 0 Å². The molecule has 0 bridgehead atoms. The lowest BCUT2D eigenvalue weighted by molar-refractivity contribution is -0.121. The second-order valence-electron chi connectivity index (χ2n) is 5.37. The van der Waals surface area contributed by atoms with E-state index in [2.05, 4.69) is 10.3 Å². The van der Waals surface area contributed by atoms with Gasteiger partial charge in [-0.05, 0) is 25.7 Å². The summed E-state index contributed by atoms with van der Waals surface area (Å²) in [6.07, 6.45) is 4.08. The number of carbonyl (C=O) groups is 1. The van der Waals surface area contributed by atoms with Gasteiger partial charge in [0.15, 0.2) is 5.16 Å². The number of amides is 1. The van der Waals surface area contributed by atoms with Crippen molar-refractivity contribution >= 4 is 17.7 Å². The molecule has 6 heteroatoms. The first kappa shape index (κ1) is 13.7. The largest absolute Gasteiger partial charge is 0.356 e. The second kappa shape index (κ2) is 5.60. The highest BCUT2D eigenvalue weighted by atomic mass is 32.2. The summed E-state index contributed by atoms with van der Waals surface area (Å²) >= 11 is 1.59. The minimum absolute atomic E-state index is 0.0256. The van der Waals surface area contributed by atoms with Gasteiger partial charge in [-0.2, -0.15) is 0 Å². The Balaban J connectivity index is 1.83. The monoisotopic (exact) mass is 293 g/mol. The van der Waals surface area contributed by atoms with Gasteiger partial charge >= 0.3 is 0 Å². The fourth-order valence-electron chi connectivity index (χ4n) is 2.85. The SMILES string of the molecule is CCCNC(=O)CC1CSc2nc3c(c(=O)n21)CCC3. The van der Waals surface area contributed by atoms with Crippen molar-refractivity contribution in [1.29, 1.82) is 0 Å². The first-order valence-corrected chi connectivity index (χ1v) is 8.23. The van der Waals surface area contributed by atoms with Crippen molar-refractivity contribution in [3.8, 4) is 0 Å². The van der Waals surface area contributed by atoms with Crippen LogP contribution < -0.4 is 10.9 Å². The van der Waals surface area contributed by atoms with Gasteiger partial charge in [-0.15, -0.1) is 0 Å². The van der Waals surface area contributed by atoms with Gasteiger partial charge in [0.05, 0.1) is 11.7 Å². The Hall–Kier alpha value is -1.30. The Morgan fingerprint density at radius 3 is 3.15 bits per heavy atom. The summed E-state index contributed by atoms with van der Waals surface area (Å²) < 4.78 is 1.75. The summed E-state index contributed by atoms with van der Waals surface area (Å²) in [4.78, 5) is 29.0. The predicted molar refractivity (Wildman–Crippen MR) is 78.2 cm³/mol. The van der Waals surface area contributed by atoms with Gasteiger partial charge in [-0.1, -0.05) is 18.7 Å². The molecule has 1 unspecified atom stereocenters. The molecule has 1 aliphatic heterocycles. The summed E-state index contributed by atoms with van der Waals surface area (Å²) in [7, 11) is 0. The standard InChI is InChI=1S/C14H19N3O2S/c1-2-6-15-12(18)7-9-8-20-14-16-11-5-3-4-10(11)13(19)17(9)14/h9H,2-8H2,1H3,(H,15,18). The van der Waals surface area contributed by atoms with Gasteiger partial charge in [0.1, 0.15) is 0 Å². The van der Waals surface area contributed by atoms with Gasteiger partial charge < -0.3 is 5.32 Å². The van der Waals surface area contributed by atoms with Crippen LogP contribution >= 0.6 is 11.8 Å². The normalized spacial score (nSPS) is 19.8. The van der Waals surface area contributed by atoms with Crippen LogP contribution in [0.1, 0.15) is 43.5 Å². The van der Waals surface area contributed by atoms with Crippen LogP contribution in [-0.4, -0.2) is 27.8 Å². The van der Waals surface area contributed by atoms with Crippen molar-refractivity contribution < 1.29 is 4.79 Å². The van der Waals surface area contributed by atoms with Crippen LogP contribution in [0, 0.1) is 0 Å². The van der Waals surface area contributed by atoms with Gasteiger partial charge in [0.25, 0.3) is 5.56 Å². The van der Waals surface area contributed by atoms with Gasteiger partial charge in [0, 0.05) is 24.3 Å². The third kappa shape index (κ3) is 2.37. The first-order chi connectivity index (χ1) is 9.70. The summed E-state index contributed by atoms with van der Waals surface area (Å²) in [5, 5.41) is 3.67. The third-order valence-corrected chi connectivity index (χ3v) is 4.96. The summed E-state index contributed by atoms with van der Waals surface area (Å²) in [6.45, 7) is 2.72. The number of rotatable bonds is 4. The van der Waals surface area contributed by atoms with E-state index in [1.54, 1.807) is 16.3 Å². The van der Waals surface area contributed by atoms with E-state index in [-0.39, 0.29) is 17.5 Å². The number of hydrogen-bond acceptors (Lipinski definition) is 4. The van der Waals surface area contributed by atoms with Crippen LogP contribution in [0.15, 0.2) is 9.95 Å². The Kier molecular flexibility index (Phi) is 3.83. The highest BCUT2D eigenvalue weighted by Gasteiger charge is 2.30. The maximum Gasteiger partial charge on any atom is 0.257 e. The lowest BCUT2D eigenvalue weighted by atomic mass is 10.2. The van der Waals surface area contributed by atoms with Crippen molar-refractivity contribution in [2.75, 3.05) is 12.3 Å². The van der Waals surface area contributed by atoms with E-state index in [9.17, 15) is 9.59 Å².